The Kier molecular flexibility index (Phi) is 5.41. The van der Waals surface area contributed by atoms with Gasteiger partial charge in [0, 0.05) is 30.9 Å². The maximum atomic E-state index is 11.7. The van der Waals surface area contributed by atoms with E-state index in [0.29, 0.717) is 24.3 Å². The van der Waals surface area contributed by atoms with E-state index in [-0.39, 0.29) is 5.91 Å². The molecule has 1 aliphatic rings. The first-order valence-electron chi connectivity index (χ1n) is 7.40. The highest BCUT2D eigenvalue weighted by Gasteiger charge is 2.21. The molecule has 0 saturated heterocycles. The molecule has 0 aromatic heterocycles. The van der Waals surface area contributed by atoms with Crippen molar-refractivity contribution in [2.45, 2.75) is 44.8 Å². The summed E-state index contributed by atoms with van der Waals surface area (Å²) in [5.74, 6) is -0.0174. The zero-order chi connectivity index (χ0) is 14.4. The van der Waals surface area contributed by atoms with E-state index in [2.05, 4.69) is 10.6 Å². The number of hydrogen-bond donors (Lipinski definition) is 2. The van der Waals surface area contributed by atoms with Crippen molar-refractivity contribution in [1.29, 1.82) is 0 Å². The predicted molar refractivity (Wildman–Crippen MR) is 81.1 cm³/mol. The van der Waals surface area contributed by atoms with Crippen molar-refractivity contribution in [2.75, 3.05) is 19.0 Å². The number of benzene rings is 1. The molecule has 0 bridgehead atoms. The van der Waals surface area contributed by atoms with Gasteiger partial charge in [-0.3, -0.25) is 4.79 Å². The van der Waals surface area contributed by atoms with Gasteiger partial charge in [-0.25, -0.2) is 0 Å². The molecule has 2 N–H and O–H groups in total. The Bertz CT molecular complexity index is 431. The molecule has 0 heterocycles. The van der Waals surface area contributed by atoms with E-state index in [4.69, 9.17) is 4.74 Å². The highest BCUT2D eigenvalue weighted by molar-refractivity contribution is 5.94. The lowest BCUT2D eigenvalue weighted by Crippen LogP contribution is -2.31. The van der Waals surface area contributed by atoms with Crippen LogP contribution in [-0.4, -0.2) is 31.7 Å². The summed E-state index contributed by atoms with van der Waals surface area (Å²) >= 11 is 0. The zero-order valence-electron chi connectivity index (χ0n) is 12.3. The number of carbonyl (C=O) groups is 1. The molecule has 1 aromatic rings. The van der Waals surface area contributed by atoms with E-state index in [9.17, 15) is 4.79 Å². The summed E-state index contributed by atoms with van der Waals surface area (Å²) in [5, 5.41) is 6.33. The number of ether oxygens (including phenoxy) is 1. The van der Waals surface area contributed by atoms with Crippen LogP contribution in [-0.2, 0) is 4.74 Å². The molecule has 0 radical (unpaired) electrons. The van der Waals surface area contributed by atoms with Gasteiger partial charge in [0.15, 0.2) is 0 Å². The van der Waals surface area contributed by atoms with Gasteiger partial charge < -0.3 is 15.4 Å². The number of carbonyl (C=O) groups excluding carboxylic acids is 1. The van der Waals surface area contributed by atoms with Crippen molar-refractivity contribution in [3.63, 3.8) is 0 Å². The Morgan fingerprint density at radius 1 is 1.30 bits per heavy atom. The fourth-order valence-corrected chi connectivity index (χ4v) is 2.71. The van der Waals surface area contributed by atoms with Crippen LogP contribution in [0.3, 0.4) is 0 Å². The molecule has 1 fully saturated rings. The first kappa shape index (κ1) is 14.9. The first-order valence-corrected chi connectivity index (χ1v) is 7.40. The Morgan fingerprint density at radius 3 is 2.70 bits per heavy atom. The summed E-state index contributed by atoms with van der Waals surface area (Å²) in [6, 6.07) is 8.14. The van der Waals surface area contributed by atoms with Gasteiger partial charge in [0.2, 0.25) is 0 Å². The highest BCUT2D eigenvalue weighted by atomic mass is 16.5. The molecular formula is C16H24N2O2. The van der Waals surface area contributed by atoms with E-state index in [1.54, 1.807) is 7.11 Å². The average Bonchev–Trinajstić information content (AvgIpc) is 2.48. The lowest BCUT2D eigenvalue weighted by Gasteiger charge is -2.29. The third kappa shape index (κ3) is 3.97. The molecule has 0 spiro atoms. The number of anilines is 1. The smallest absolute Gasteiger partial charge is 0.251 e. The van der Waals surface area contributed by atoms with Crippen LogP contribution in [0.15, 0.2) is 24.3 Å². The second kappa shape index (κ2) is 7.29. The Morgan fingerprint density at radius 2 is 2.05 bits per heavy atom. The fraction of sp³-hybridized carbons (Fsp3) is 0.562. The van der Waals surface area contributed by atoms with Crippen molar-refractivity contribution >= 4 is 11.6 Å². The number of methoxy groups -OCH3 is 1. The standard InChI is InChI=1S/C16H24N2O2/c1-3-17-16(19)12-7-9-13(10-8-12)18-14-5-4-6-15(11-14)20-2/h7-10,14-15,18H,3-6,11H2,1-2H3,(H,17,19). The molecule has 1 amide bonds. The second-order valence-corrected chi connectivity index (χ2v) is 5.30. The van der Waals surface area contributed by atoms with Crippen molar-refractivity contribution in [3.05, 3.63) is 29.8 Å². The lowest BCUT2D eigenvalue weighted by molar-refractivity contribution is 0.0669. The topological polar surface area (TPSA) is 50.4 Å². The Labute approximate surface area is 120 Å². The largest absolute Gasteiger partial charge is 0.382 e. The molecule has 1 aromatic carbocycles. The van der Waals surface area contributed by atoms with Crippen LogP contribution in [0.25, 0.3) is 0 Å². The van der Waals surface area contributed by atoms with E-state index < -0.39 is 0 Å². The molecular weight excluding hydrogens is 252 g/mol. The van der Waals surface area contributed by atoms with Crippen LogP contribution in [0.5, 0.6) is 0 Å². The van der Waals surface area contributed by atoms with Crippen LogP contribution in [0.1, 0.15) is 43.0 Å². The van der Waals surface area contributed by atoms with Crippen LogP contribution < -0.4 is 10.6 Å². The van der Waals surface area contributed by atoms with Crippen molar-refractivity contribution in [2.24, 2.45) is 0 Å². The molecule has 4 heteroatoms. The van der Waals surface area contributed by atoms with Crippen LogP contribution >= 0.6 is 0 Å². The van der Waals surface area contributed by atoms with Gasteiger partial charge in [0.1, 0.15) is 0 Å². The van der Waals surface area contributed by atoms with E-state index in [1.165, 1.54) is 12.8 Å². The fourth-order valence-electron chi connectivity index (χ4n) is 2.71. The van der Waals surface area contributed by atoms with E-state index in [1.807, 2.05) is 31.2 Å². The summed E-state index contributed by atoms with van der Waals surface area (Å²) in [7, 11) is 1.79. The molecule has 20 heavy (non-hydrogen) atoms. The minimum absolute atomic E-state index is 0.0174. The van der Waals surface area contributed by atoms with Gasteiger partial charge in [-0.1, -0.05) is 0 Å². The van der Waals surface area contributed by atoms with Gasteiger partial charge in [-0.2, -0.15) is 0 Å². The van der Waals surface area contributed by atoms with Crippen LogP contribution in [0, 0.1) is 0 Å². The third-order valence-electron chi connectivity index (χ3n) is 3.81. The van der Waals surface area contributed by atoms with Crippen LogP contribution in [0.2, 0.25) is 0 Å². The number of nitrogens with one attached hydrogen (secondary N) is 2. The maximum Gasteiger partial charge on any atom is 0.251 e. The summed E-state index contributed by atoms with van der Waals surface area (Å²) in [5.41, 5.74) is 1.77. The van der Waals surface area contributed by atoms with Crippen molar-refractivity contribution in [3.8, 4) is 0 Å². The van der Waals surface area contributed by atoms with Crippen molar-refractivity contribution < 1.29 is 9.53 Å². The number of hydrogen-bond acceptors (Lipinski definition) is 3. The number of amides is 1. The Hall–Kier alpha value is -1.55. The first-order chi connectivity index (χ1) is 9.72. The van der Waals surface area contributed by atoms with Crippen molar-refractivity contribution in [1.82, 2.24) is 5.32 Å². The summed E-state index contributed by atoms with van der Waals surface area (Å²) in [4.78, 5) is 11.7. The molecule has 2 atom stereocenters. The summed E-state index contributed by atoms with van der Waals surface area (Å²) in [6.07, 6.45) is 4.96. The predicted octanol–water partition coefficient (Wildman–Crippen LogP) is 2.81. The molecule has 1 saturated carbocycles. The monoisotopic (exact) mass is 276 g/mol. The average molecular weight is 276 g/mol. The molecule has 2 unspecified atom stereocenters. The zero-order valence-corrected chi connectivity index (χ0v) is 12.3. The Balaban J connectivity index is 1.91. The third-order valence-corrected chi connectivity index (χ3v) is 3.81. The molecule has 0 aliphatic heterocycles. The molecule has 2 rings (SSSR count). The summed E-state index contributed by atoms with van der Waals surface area (Å²) < 4.78 is 5.44. The van der Waals surface area contributed by atoms with E-state index in [0.717, 1.165) is 18.5 Å². The highest BCUT2D eigenvalue weighted by Crippen LogP contribution is 2.24. The molecule has 1 aliphatic carbocycles. The van der Waals surface area contributed by atoms with Gasteiger partial charge in [-0.05, 0) is 56.9 Å². The minimum Gasteiger partial charge on any atom is -0.382 e. The van der Waals surface area contributed by atoms with Gasteiger partial charge in [-0.15, -0.1) is 0 Å². The lowest BCUT2D eigenvalue weighted by atomic mass is 9.92. The molecule has 110 valence electrons. The van der Waals surface area contributed by atoms with Gasteiger partial charge >= 0.3 is 0 Å². The second-order valence-electron chi connectivity index (χ2n) is 5.30. The number of rotatable bonds is 5. The normalized spacial score (nSPS) is 22.3. The quantitative estimate of drug-likeness (QED) is 0.869. The van der Waals surface area contributed by atoms with Gasteiger partial charge in [0.25, 0.3) is 5.91 Å². The van der Waals surface area contributed by atoms with Crippen LogP contribution in [0.4, 0.5) is 5.69 Å². The summed E-state index contributed by atoms with van der Waals surface area (Å²) in [6.45, 7) is 2.57. The minimum atomic E-state index is -0.0174. The van der Waals surface area contributed by atoms with Gasteiger partial charge in [0.05, 0.1) is 6.10 Å². The SMILES string of the molecule is CCNC(=O)c1ccc(NC2CCCC(OC)C2)cc1. The molecule has 4 nitrogen and oxygen atoms in total. The maximum absolute atomic E-state index is 11.7. The van der Waals surface area contributed by atoms with E-state index >= 15 is 0 Å².